The predicted molar refractivity (Wildman–Crippen MR) is 73.1 cm³/mol. The summed E-state index contributed by atoms with van der Waals surface area (Å²) >= 11 is 0. The Balaban J connectivity index is 1.60. The summed E-state index contributed by atoms with van der Waals surface area (Å²) in [4.78, 5) is 13.0. The molecule has 0 amide bonds. The fourth-order valence-corrected chi connectivity index (χ4v) is 2.91. The van der Waals surface area contributed by atoms with Crippen molar-refractivity contribution >= 4 is 5.97 Å². The molecule has 1 N–H and O–H groups in total. The van der Waals surface area contributed by atoms with E-state index >= 15 is 0 Å². The summed E-state index contributed by atoms with van der Waals surface area (Å²) in [6, 6.07) is 6.03. The van der Waals surface area contributed by atoms with E-state index in [9.17, 15) is 4.79 Å². The maximum absolute atomic E-state index is 10.7. The monoisotopic (exact) mass is 277 g/mol. The van der Waals surface area contributed by atoms with Crippen LogP contribution in [0.5, 0.6) is 11.5 Å². The molecule has 1 unspecified atom stereocenters. The minimum atomic E-state index is -0.698. The summed E-state index contributed by atoms with van der Waals surface area (Å²) < 4.78 is 11.1. The Morgan fingerprint density at radius 2 is 2.10 bits per heavy atom. The number of benzene rings is 1. The van der Waals surface area contributed by atoms with E-state index < -0.39 is 5.97 Å². The van der Waals surface area contributed by atoms with Crippen molar-refractivity contribution in [3.63, 3.8) is 0 Å². The number of ether oxygens (including phenoxy) is 2. The summed E-state index contributed by atoms with van der Waals surface area (Å²) in [5.74, 6) is 1.21. The molecular weight excluding hydrogens is 258 g/mol. The minimum absolute atomic E-state index is 0.275. The molecule has 0 aromatic heterocycles. The number of likely N-dealkylation sites (tertiary alicyclic amines) is 1. The van der Waals surface area contributed by atoms with Gasteiger partial charge in [-0.05, 0) is 36.6 Å². The van der Waals surface area contributed by atoms with Gasteiger partial charge in [-0.25, -0.2) is 0 Å². The Labute approximate surface area is 118 Å². The third kappa shape index (κ3) is 3.04. The van der Waals surface area contributed by atoms with Gasteiger partial charge in [0.25, 0.3) is 0 Å². The molecule has 0 radical (unpaired) electrons. The second-order valence-electron chi connectivity index (χ2n) is 5.47. The molecule has 1 atom stereocenters. The Kier molecular flexibility index (Phi) is 3.78. The van der Waals surface area contributed by atoms with Gasteiger partial charge in [0, 0.05) is 19.5 Å². The van der Waals surface area contributed by atoms with E-state index in [1.54, 1.807) is 0 Å². The number of fused-ring (bicyclic) bond motifs is 1. The second kappa shape index (κ2) is 5.71. The molecule has 2 aliphatic rings. The molecular formula is C15H19NO4. The van der Waals surface area contributed by atoms with E-state index in [-0.39, 0.29) is 12.3 Å². The molecule has 0 spiro atoms. The lowest BCUT2D eigenvalue weighted by atomic mass is 10.1. The Morgan fingerprint density at radius 1 is 1.30 bits per heavy atom. The molecule has 1 saturated heterocycles. The number of carbonyl (C=O) groups is 1. The van der Waals surface area contributed by atoms with Gasteiger partial charge in [-0.2, -0.15) is 0 Å². The number of carboxylic acid groups (broad SMARTS) is 1. The predicted octanol–water partition coefficient (Wildman–Crippen LogP) is 1.75. The zero-order chi connectivity index (χ0) is 13.9. The molecule has 5 heteroatoms. The van der Waals surface area contributed by atoms with Crippen LogP contribution < -0.4 is 9.47 Å². The van der Waals surface area contributed by atoms with Crippen LogP contribution in [0.1, 0.15) is 18.4 Å². The smallest absolute Gasteiger partial charge is 0.303 e. The van der Waals surface area contributed by atoms with E-state index in [1.807, 2.05) is 12.1 Å². The highest BCUT2D eigenvalue weighted by Gasteiger charge is 2.24. The van der Waals surface area contributed by atoms with Crippen LogP contribution in [0, 0.1) is 5.92 Å². The van der Waals surface area contributed by atoms with E-state index in [1.165, 1.54) is 5.56 Å². The third-order valence-corrected chi connectivity index (χ3v) is 3.85. The van der Waals surface area contributed by atoms with E-state index in [0.717, 1.165) is 37.6 Å². The molecule has 2 aliphatic heterocycles. The van der Waals surface area contributed by atoms with E-state index in [2.05, 4.69) is 11.0 Å². The first-order valence-corrected chi connectivity index (χ1v) is 7.03. The number of aliphatic carboxylic acids is 1. The third-order valence-electron chi connectivity index (χ3n) is 3.85. The van der Waals surface area contributed by atoms with Crippen molar-refractivity contribution in [3.8, 4) is 11.5 Å². The quantitative estimate of drug-likeness (QED) is 0.908. The zero-order valence-corrected chi connectivity index (χ0v) is 11.4. The molecule has 1 aromatic carbocycles. The Bertz CT molecular complexity index is 503. The topological polar surface area (TPSA) is 59.0 Å². The van der Waals surface area contributed by atoms with Gasteiger partial charge in [-0.1, -0.05) is 6.07 Å². The molecule has 3 rings (SSSR count). The van der Waals surface area contributed by atoms with Gasteiger partial charge in [0.15, 0.2) is 11.5 Å². The lowest BCUT2D eigenvalue weighted by molar-refractivity contribution is -0.138. The number of rotatable bonds is 4. The molecule has 1 aromatic rings. The fourth-order valence-electron chi connectivity index (χ4n) is 2.91. The van der Waals surface area contributed by atoms with Gasteiger partial charge in [-0.15, -0.1) is 0 Å². The van der Waals surface area contributed by atoms with Crippen molar-refractivity contribution in [2.75, 3.05) is 26.3 Å². The molecule has 5 nitrogen and oxygen atoms in total. The van der Waals surface area contributed by atoms with Crippen molar-refractivity contribution in [3.05, 3.63) is 23.8 Å². The van der Waals surface area contributed by atoms with Crippen LogP contribution in [0.2, 0.25) is 0 Å². The van der Waals surface area contributed by atoms with Gasteiger partial charge in [0.05, 0.1) is 0 Å². The highest BCUT2D eigenvalue weighted by Crippen LogP contribution is 2.31. The van der Waals surface area contributed by atoms with Crippen molar-refractivity contribution in [1.82, 2.24) is 4.90 Å². The summed E-state index contributed by atoms with van der Waals surface area (Å²) in [5, 5.41) is 8.83. The molecule has 0 saturated carbocycles. The average molecular weight is 277 g/mol. The van der Waals surface area contributed by atoms with Gasteiger partial charge >= 0.3 is 5.97 Å². The SMILES string of the molecule is O=C(O)CC1CCN(Cc2ccc3c(c2)OCCO3)C1. The second-order valence-corrected chi connectivity index (χ2v) is 5.47. The van der Waals surface area contributed by atoms with Crippen LogP contribution in [-0.4, -0.2) is 42.3 Å². The number of hydrogen-bond acceptors (Lipinski definition) is 4. The maximum atomic E-state index is 10.7. The van der Waals surface area contributed by atoms with Gasteiger partial charge < -0.3 is 14.6 Å². The van der Waals surface area contributed by atoms with Crippen LogP contribution in [0.3, 0.4) is 0 Å². The van der Waals surface area contributed by atoms with Crippen molar-refractivity contribution in [1.29, 1.82) is 0 Å². The maximum Gasteiger partial charge on any atom is 0.303 e. The summed E-state index contributed by atoms with van der Waals surface area (Å²) in [5.41, 5.74) is 1.19. The van der Waals surface area contributed by atoms with Crippen LogP contribution in [-0.2, 0) is 11.3 Å². The van der Waals surface area contributed by atoms with Gasteiger partial charge in [0.1, 0.15) is 13.2 Å². The number of carboxylic acids is 1. The van der Waals surface area contributed by atoms with Crippen LogP contribution in [0.25, 0.3) is 0 Å². The van der Waals surface area contributed by atoms with Crippen LogP contribution >= 0.6 is 0 Å². The molecule has 0 bridgehead atoms. The number of hydrogen-bond donors (Lipinski definition) is 1. The molecule has 2 heterocycles. The minimum Gasteiger partial charge on any atom is -0.486 e. The first-order valence-electron chi connectivity index (χ1n) is 7.03. The highest BCUT2D eigenvalue weighted by atomic mass is 16.6. The number of nitrogens with zero attached hydrogens (tertiary/aromatic N) is 1. The largest absolute Gasteiger partial charge is 0.486 e. The standard InChI is InChI=1S/C15H19NO4/c17-15(18)8-12-3-4-16(10-12)9-11-1-2-13-14(7-11)20-6-5-19-13/h1-2,7,12H,3-6,8-10H2,(H,17,18). The normalized spacial score (nSPS) is 21.9. The van der Waals surface area contributed by atoms with E-state index in [4.69, 9.17) is 14.6 Å². The first kappa shape index (κ1) is 13.2. The Morgan fingerprint density at radius 3 is 2.90 bits per heavy atom. The van der Waals surface area contributed by atoms with Crippen molar-refractivity contribution < 1.29 is 19.4 Å². The van der Waals surface area contributed by atoms with E-state index in [0.29, 0.717) is 13.2 Å². The van der Waals surface area contributed by atoms with Crippen LogP contribution in [0.4, 0.5) is 0 Å². The molecule has 20 heavy (non-hydrogen) atoms. The highest BCUT2D eigenvalue weighted by molar-refractivity contribution is 5.67. The zero-order valence-electron chi connectivity index (χ0n) is 11.4. The molecule has 1 fully saturated rings. The van der Waals surface area contributed by atoms with Gasteiger partial charge in [-0.3, -0.25) is 9.69 Å². The summed E-state index contributed by atoms with van der Waals surface area (Å²) in [6.45, 7) is 3.87. The lowest BCUT2D eigenvalue weighted by Gasteiger charge is -2.20. The molecule has 108 valence electrons. The average Bonchev–Trinajstić information content (AvgIpc) is 2.85. The lowest BCUT2D eigenvalue weighted by Crippen LogP contribution is -2.21. The first-order chi connectivity index (χ1) is 9.70. The summed E-state index contributed by atoms with van der Waals surface area (Å²) in [7, 11) is 0. The summed E-state index contributed by atoms with van der Waals surface area (Å²) in [6.07, 6.45) is 1.24. The van der Waals surface area contributed by atoms with Crippen LogP contribution in [0.15, 0.2) is 18.2 Å². The van der Waals surface area contributed by atoms with Gasteiger partial charge in [0.2, 0.25) is 0 Å². The molecule has 0 aliphatic carbocycles. The van der Waals surface area contributed by atoms with Crippen molar-refractivity contribution in [2.24, 2.45) is 5.92 Å². The fraction of sp³-hybridized carbons (Fsp3) is 0.533. The van der Waals surface area contributed by atoms with Crippen molar-refractivity contribution in [2.45, 2.75) is 19.4 Å². The Hall–Kier alpha value is -1.75.